The van der Waals surface area contributed by atoms with Crippen molar-refractivity contribution in [2.75, 3.05) is 11.5 Å². The fourth-order valence-corrected chi connectivity index (χ4v) is 6.22. The van der Waals surface area contributed by atoms with E-state index >= 15 is 0 Å². The minimum Gasteiger partial charge on any atom is -0.463 e. The Morgan fingerprint density at radius 3 is 2.38 bits per heavy atom. The number of hydrogen-bond donors (Lipinski definition) is 1. The van der Waals surface area contributed by atoms with Crippen LogP contribution in [0.15, 0.2) is 59.1 Å². The van der Waals surface area contributed by atoms with Crippen LogP contribution in [0.2, 0.25) is 0 Å². The molecule has 0 amide bonds. The van der Waals surface area contributed by atoms with Crippen LogP contribution in [0.1, 0.15) is 70.1 Å². The number of nitro groups is 1. The summed E-state index contributed by atoms with van der Waals surface area (Å²) in [5, 5.41) is 11.2. The van der Waals surface area contributed by atoms with E-state index in [0.717, 1.165) is 15.5 Å². The number of allylic oxidation sites excluding steroid dienone is 2. The van der Waals surface area contributed by atoms with Gasteiger partial charge in [0.2, 0.25) is 0 Å². The number of thiophene rings is 1. The van der Waals surface area contributed by atoms with Crippen LogP contribution >= 0.6 is 11.3 Å². The monoisotopic (exact) mass is 523 g/mol. The predicted molar refractivity (Wildman–Crippen MR) is 144 cm³/mol. The van der Waals surface area contributed by atoms with E-state index in [-0.39, 0.29) is 40.3 Å². The summed E-state index contributed by atoms with van der Waals surface area (Å²) in [6.07, 6.45) is 0.889. The molecule has 37 heavy (non-hydrogen) atoms. The first-order chi connectivity index (χ1) is 17.2. The number of carbonyl (C=O) groups excluding carboxylic acids is 2. The fraction of sp³-hybridized carbons (Fsp3) is 0.429. The number of benzene rings is 1. The van der Waals surface area contributed by atoms with E-state index in [4.69, 9.17) is 10.5 Å². The van der Waals surface area contributed by atoms with Gasteiger partial charge in [0, 0.05) is 45.3 Å². The lowest BCUT2D eigenvalue weighted by Crippen LogP contribution is -2.43. The van der Waals surface area contributed by atoms with Crippen molar-refractivity contribution in [1.29, 1.82) is 0 Å². The van der Waals surface area contributed by atoms with Gasteiger partial charge in [0.05, 0.1) is 23.0 Å². The third-order valence-electron chi connectivity index (χ3n) is 6.73. The first kappa shape index (κ1) is 26.6. The summed E-state index contributed by atoms with van der Waals surface area (Å²) < 4.78 is 5.45. The molecule has 2 aliphatic rings. The second-order valence-electron chi connectivity index (χ2n) is 11.3. The van der Waals surface area contributed by atoms with Crippen molar-refractivity contribution in [1.82, 2.24) is 0 Å². The van der Waals surface area contributed by atoms with Crippen LogP contribution < -0.4 is 10.6 Å². The molecule has 0 saturated carbocycles. The van der Waals surface area contributed by atoms with Gasteiger partial charge in [0.1, 0.15) is 5.82 Å². The summed E-state index contributed by atoms with van der Waals surface area (Å²) in [7, 11) is 0. The standard InChI is InChI=1S/C28H33N3O5S/c1-7-36-26(33)24-23(20-12-13-21(37-20)27(2,3)4)22-18(14-28(5,6)15-19(22)32)30(25(24)29)16-8-10-17(11-9-16)31(34)35/h8-13,23H,7,14-15,29H2,1-6H3. The van der Waals surface area contributed by atoms with Gasteiger partial charge in [-0.25, -0.2) is 4.79 Å². The van der Waals surface area contributed by atoms with Crippen molar-refractivity contribution >= 4 is 34.5 Å². The van der Waals surface area contributed by atoms with E-state index in [0.29, 0.717) is 24.1 Å². The van der Waals surface area contributed by atoms with Gasteiger partial charge in [-0.05, 0) is 48.4 Å². The summed E-state index contributed by atoms with van der Waals surface area (Å²) in [6, 6.07) is 9.98. The van der Waals surface area contributed by atoms with E-state index in [1.54, 1.807) is 35.3 Å². The molecule has 2 heterocycles. The molecule has 4 rings (SSSR count). The highest BCUT2D eigenvalue weighted by Gasteiger charge is 2.47. The number of anilines is 1. The van der Waals surface area contributed by atoms with E-state index < -0.39 is 16.8 Å². The molecule has 2 aromatic rings. The maximum absolute atomic E-state index is 13.8. The van der Waals surface area contributed by atoms with E-state index in [2.05, 4.69) is 20.8 Å². The van der Waals surface area contributed by atoms with Gasteiger partial charge in [-0.15, -0.1) is 11.3 Å². The average molecular weight is 524 g/mol. The largest absolute Gasteiger partial charge is 0.463 e. The van der Waals surface area contributed by atoms with Gasteiger partial charge in [0.15, 0.2) is 5.78 Å². The Kier molecular flexibility index (Phi) is 6.79. The number of nitrogens with two attached hydrogens (primary N) is 1. The summed E-state index contributed by atoms with van der Waals surface area (Å²) in [5.74, 6) is -1.09. The van der Waals surface area contributed by atoms with Crippen LogP contribution in [0.5, 0.6) is 0 Å². The Hall–Kier alpha value is -3.46. The number of Topliss-reactive ketones (excluding diaryl/α,β-unsaturated/α-hetero) is 1. The second kappa shape index (κ2) is 9.45. The molecule has 1 unspecified atom stereocenters. The van der Waals surface area contributed by atoms with E-state index in [1.807, 2.05) is 26.0 Å². The lowest BCUT2D eigenvalue weighted by molar-refractivity contribution is -0.384. The first-order valence-corrected chi connectivity index (χ1v) is 13.1. The molecule has 0 spiro atoms. The maximum atomic E-state index is 13.8. The molecule has 1 atom stereocenters. The molecule has 1 aromatic heterocycles. The molecular weight excluding hydrogens is 490 g/mol. The van der Waals surface area contributed by atoms with Gasteiger partial charge >= 0.3 is 5.97 Å². The number of esters is 1. The highest BCUT2D eigenvalue weighted by atomic mass is 32.1. The summed E-state index contributed by atoms with van der Waals surface area (Å²) in [5.41, 5.74) is 8.31. The van der Waals surface area contributed by atoms with Crippen LogP contribution in [0.4, 0.5) is 11.4 Å². The van der Waals surface area contributed by atoms with Gasteiger partial charge in [-0.1, -0.05) is 34.6 Å². The molecule has 0 bridgehead atoms. The Balaban J connectivity index is 1.99. The minimum atomic E-state index is -0.645. The van der Waals surface area contributed by atoms with Gasteiger partial charge < -0.3 is 10.5 Å². The van der Waals surface area contributed by atoms with Crippen molar-refractivity contribution < 1.29 is 19.2 Å². The van der Waals surface area contributed by atoms with Crippen LogP contribution in [0.3, 0.4) is 0 Å². The molecule has 2 N–H and O–H groups in total. The number of nitro benzene ring substituents is 1. The summed E-state index contributed by atoms with van der Waals surface area (Å²) in [6.45, 7) is 12.3. The molecule has 8 nitrogen and oxygen atoms in total. The third kappa shape index (κ3) is 4.92. The molecule has 1 aliphatic carbocycles. The Morgan fingerprint density at radius 1 is 1.19 bits per heavy atom. The zero-order valence-corrected chi connectivity index (χ0v) is 22.9. The molecular formula is C28H33N3O5S. The molecule has 0 radical (unpaired) electrons. The van der Waals surface area contributed by atoms with Crippen LogP contribution in [-0.2, 0) is 19.7 Å². The van der Waals surface area contributed by atoms with Gasteiger partial charge in [0.25, 0.3) is 5.69 Å². The van der Waals surface area contributed by atoms with E-state index in [1.165, 1.54) is 12.1 Å². The second-order valence-corrected chi connectivity index (χ2v) is 12.4. The number of ether oxygens (including phenoxy) is 1. The van der Waals surface area contributed by atoms with Crippen molar-refractivity contribution in [2.45, 2.75) is 65.7 Å². The number of nitrogens with zero attached hydrogens (tertiary/aromatic N) is 2. The van der Waals surface area contributed by atoms with Gasteiger partial charge in [-0.3, -0.25) is 19.8 Å². The molecule has 9 heteroatoms. The highest BCUT2D eigenvalue weighted by molar-refractivity contribution is 7.12. The van der Waals surface area contributed by atoms with Gasteiger partial charge in [-0.2, -0.15) is 0 Å². The zero-order chi connectivity index (χ0) is 27.3. The van der Waals surface area contributed by atoms with Crippen molar-refractivity contribution in [3.05, 3.63) is 78.9 Å². The summed E-state index contributed by atoms with van der Waals surface area (Å²) >= 11 is 1.57. The Labute approximate surface area is 220 Å². The third-order valence-corrected chi connectivity index (χ3v) is 8.30. The normalized spacial score (nSPS) is 19.7. The molecule has 1 aromatic carbocycles. The van der Waals surface area contributed by atoms with Crippen molar-refractivity contribution in [2.24, 2.45) is 11.1 Å². The number of non-ortho nitro benzene ring substituents is 1. The van der Waals surface area contributed by atoms with Crippen LogP contribution in [-0.4, -0.2) is 23.3 Å². The molecule has 0 fully saturated rings. The highest BCUT2D eigenvalue weighted by Crippen LogP contribution is 2.52. The topological polar surface area (TPSA) is 116 Å². The lowest BCUT2D eigenvalue weighted by atomic mass is 9.69. The van der Waals surface area contributed by atoms with Crippen molar-refractivity contribution in [3.63, 3.8) is 0 Å². The minimum absolute atomic E-state index is 0.0387. The fourth-order valence-electron chi connectivity index (χ4n) is 5.03. The Bertz CT molecular complexity index is 1330. The molecule has 0 saturated heterocycles. The quantitative estimate of drug-likeness (QED) is 0.293. The predicted octanol–water partition coefficient (Wildman–Crippen LogP) is 5.93. The first-order valence-electron chi connectivity index (χ1n) is 12.3. The Morgan fingerprint density at radius 2 is 1.84 bits per heavy atom. The SMILES string of the molecule is CCOC(=O)C1=C(N)N(c2ccc([N+](=O)[O-])cc2)C2=C(C(=O)CC(C)(C)C2)C1c1ccc(C(C)(C)C)s1. The maximum Gasteiger partial charge on any atom is 0.338 e. The number of hydrogen-bond acceptors (Lipinski definition) is 8. The summed E-state index contributed by atoms with van der Waals surface area (Å²) in [4.78, 5) is 41.7. The lowest BCUT2D eigenvalue weighted by Gasteiger charge is -2.44. The number of rotatable bonds is 5. The number of ketones is 1. The van der Waals surface area contributed by atoms with Crippen LogP contribution in [0.25, 0.3) is 0 Å². The zero-order valence-electron chi connectivity index (χ0n) is 22.1. The molecule has 1 aliphatic heterocycles. The molecule has 196 valence electrons. The van der Waals surface area contributed by atoms with Crippen molar-refractivity contribution in [3.8, 4) is 0 Å². The smallest absolute Gasteiger partial charge is 0.338 e. The number of carbonyl (C=O) groups is 2. The van der Waals surface area contributed by atoms with Crippen LogP contribution in [0, 0.1) is 15.5 Å². The average Bonchev–Trinajstić information content (AvgIpc) is 3.28. The van der Waals surface area contributed by atoms with E-state index in [9.17, 15) is 19.7 Å².